The molecule has 1 aromatic rings. The molecular formula is C14H20N2O2. The molecule has 0 saturated carbocycles. The number of hydrogen-bond donors (Lipinski definition) is 2. The predicted octanol–water partition coefficient (Wildman–Crippen LogP) is 1.20. The van der Waals surface area contributed by atoms with E-state index in [-0.39, 0.29) is 18.1 Å². The maximum absolute atomic E-state index is 11.5. The van der Waals surface area contributed by atoms with E-state index in [0.29, 0.717) is 6.54 Å². The summed E-state index contributed by atoms with van der Waals surface area (Å²) in [4.78, 5) is 11.5. The largest absolute Gasteiger partial charge is 0.373 e. The molecule has 3 N–H and O–H groups in total. The molecule has 1 saturated heterocycles. The molecular weight excluding hydrogens is 228 g/mol. The van der Waals surface area contributed by atoms with Gasteiger partial charge in [-0.15, -0.1) is 0 Å². The lowest BCUT2D eigenvalue weighted by molar-refractivity contribution is -0.123. The Hall–Kier alpha value is -1.39. The Morgan fingerprint density at radius 3 is 2.72 bits per heavy atom. The van der Waals surface area contributed by atoms with Crippen LogP contribution in [0.2, 0.25) is 0 Å². The molecule has 98 valence electrons. The monoisotopic (exact) mass is 248 g/mol. The summed E-state index contributed by atoms with van der Waals surface area (Å²) in [6.45, 7) is 2.65. The Balaban J connectivity index is 1.93. The van der Waals surface area contributed by atoms with Crippen LogP contribution < -0.4 is 11.1 Å². The second-order valence-corrected chi connectivity index (χ2v) is 4.81. The molecule has 0 spiro atoms. The van der Waals surface area contributed by atoms with Crippen LogP contribution in [0.3, 0.4) is 0 Å². The van der Waals surface area contributed by atoms with Crippen molar-refractivity contribution in [3.63, 3.8) is 0 Å². The summed E-state index contributed by atoms with van der Waals surface area (Å²) in [5, 5.41) is 3.20. The van der Waals surface area contributed by atoms with E-state index in [0.717, 1.165) is 18.4 Å². The lowest BCUT2D eigenvalue weighted by atomic mass is 10.1. The average Bonchev–Trinajstić information content (AvgIpc) is 2.77. The fourth-order valence-electron chi connectivity index (χ4n) is 2.32. The Morgan fingerprint density at radius 2 is 2.17 bits per heavy atom. The van der Waals surface area contributed by atoms with Gasteiger partial charge in [-0.3, -0.25) is 10.1 Å². The van der Waals surface area contributed by atoms with Crippen molar-refractivity contribution in [1.29, 1.82) is 0 Å². The van der Waals surface area contributed by atoms with E-state index >= 15 is 0 Å². The van der Waals surface area contributed by atoms with E-state index < -0.39 is 6.04 Å². The van der Waals surface area contributed by atoms with Gasteiger partial charge in [0.15, 0.2) is 0 Å². The summed E-state index contributed by atoms with van der Waals surface area (Å²) in [7, 11) is 0. The van der Waals surface area contributed by atoms with Crippen LogP contribution in [0.25, 0.3) is 0 Å². The van der Waals surface area contributed by atoms with Crippen molar-refractivity contribution in [2.75, 3.05) is 0 Å². The van der Waals surface area contributed by atoms with Crippen LogP contribution >= 0.6 is 0 Å². The smallest absolute Gasteiger partial charge is 0.237 e. The maximum Gasteiger partial charge on any atom is 0.237 e. The first-order chi connectivity index (χ1) is 8.66. The van der Waals surface area contributed by atoms with Crippen LogP contribution in [0.15, 0.2) is 30.3 Å². The lowest BCUT2D eigenvalue weighted by Crippen LogP contribution is -2.49. The normalized spacial score (nSPS) is 24.9. The highest BCUT2D eigenvalue weighted by Crippen LogP contribution is 2.21. The van der Waals surface area contributed by atoms with E-state index in [4.69, 9.17) is 10.5 Å². The van der Waals surface area contributed by atoms with Gasteiger partial charge in [0, 0.05) is 6.54 Å². The minimum atomic E-state index is -0.407. The van der Waals surface area contributed by atoms with Crippen molar-refractivity contribution in [2.45, 2.75) is 44.6 Å². The summed E-state index contributed by atoms with van der Waals surface area (Å²) >= 11 is 0. The average molecular weight is 248 g/mol. The summed E-state index contributed by atoms with van der Waals surface area (Å²) in [5.41, 5.74) is 6.58. The zero-order chi connectivity index (χ0) is 13.0. The molecule has 18 heavy (non-hydrogen) atoms. The van der Waals surface area contributed by atoms with Crippen molar-refractivity contribution in [3.8, 4) is 0 Å². The van der Waals surface area contributed by atoms with Crippen LogP contribution in [-0.4, -0.2) is 24.2 Å². The quantitative estimate of drug-likeness (QED) is 0.823. The molecule has 1 aliphatic rings. The number of benzene rings is 1. The van der Waals surface area contributed by atoms with Gasteiger partial charge < -0.3 is 10.5 Å². The zero-order valence-electron chi connectivity index (χ0n) is 10.6. The molecule has 1 amide bonds. The third kappa shape index (κ3) is 3.31. The molecule has 1 aliphatic heterocycles. The SMILES string of the molecule is CC1CCC(C(NCc2ccccc2)C(N)=O)O1. The van der Waals surface area contributed by atoms with Crippen LogP contribution in [0.1, 0.15) is 25.3 Å². The summed E-state index contributed by atoms with van der Waals surface area (Å²) < 4.78 is 5.71. The topological polar surface area (TPSA) is 64.3 Å². The lowest BCUT2D eigenvalue weighted by Gasteiger charge is -2.22. The number of carbonyl (C=O) groups is 1. The standard InChI is InChI=1S/C14H20N2O2/c1-10-7-8-12(18-10)13(14(15)17)16-9-11-5-3-2-4-6-11/h2-6,10,12-13,16H,7-9H2,1H3,(H2,15,17). The molecule has 0 aromatic heterocycles. The van der Waals surface area contributed by atoms with E-state index in [2.05, 4.69) is 5.32 Å². The number of hydrogen-bond acceptors (Lipinski definition) is 3. The van der Waals surface area contributed by atoms with E-state index in [1.165, 1.54) is 0 Å². The first-order valence-corrected chi connectivity index (χ1v) is 6.39. The number of nitrogens with two attached hydrogens (primary N) is 1. The van der Waals surface area contributed by atoms with E-state index in [9.17, 15) is 4.79 Å². The summed E-state index contributed by atoms with van der Waals surface area (Å²) in [5.74, 6) is -0.343. The zero-order valence-corrected chi connectivity index (χ0v) is 10.6. The molecule has 1 fully saturated rings. The van der Waals surface area contributed by atoms with Gasteiger partial charge in [-0.1, -0.05) is 30.3 Å². The van der Waals surface area contributed by atoms with Crippen molar-refractivity contribution in [3.05, 3.63) is 35.9 Å². The van der Waals surface area contributed by atoms with Gasteiger partial charge in [-0.2, -0.15) is 0 Å². The first kappa shape index (κ1) is 13.1. The Labute approximate surface area is 108 Å². The van der Waals surface area contributed by atoms with Gasteiger partial charge in [0.2, 0.25) is 5.91 Å². The van der Waals surface area contributed by atoms with Gasteiger partial charge in [0.1, 0.15) is 6.04 Å². The molecule has 0 aliphatic carbocycles. The van der Waals surface area contributed by atoms with Gasteiger partial charge in [0.25, 0.3) is 0 Å². The molecule has 3 unspecified atom stereocenters. The van der Waals surface area contributed by atoms with E-state index in [1.807, 2.05) is 37.3 Å². The predicted molar refractivity (Wildman–Crippen MR) is 69.8 cm³/mol. The van der Waals surface area contributed by atoms with Crippen molar-refractivity contribution in [1.82, 2.24) is 5.32 Å². The highest BCUT2D eigenvalue weighted by Gasteiger charge is 2.32. The van der Waals surface area contributed by atoms with Crippen LogP contribution in [-0.2, 0) is 16.1 Å². The third-order valence-corrected chi connectivity index (χ3v) is 3.31. The molecule has 4 nitrogen and oxygen atoms in total. The van der Waals surface area contributed by atoms with Gasteiger partial charge >= 0.3 is 0 Å². The Bertz CT molecular complexity index is 394. The Morgan fingerprint density at radius 1 is 1.44 bits per heavy atom. The second-order valence-electron chi connectivity index (χ2n) is 4.81. The van der Waals surface area contributed by atoms with Gasteiger partial charge in [-0.25, -0.2) is 0 Å². The number of amides is 1. The van der Waals surface area contributed by atoms with Crippen molar-refractivity contribution in [2.24, 2.45) is 5.73 Å². The first-order valence-electron chi connectivity index (χ1n) is 6.39. The molecule has 1 aromatic carbocycles. The van der Waals surface area contributed by atoms with Crippen LogP contribution in [0, 0.1) is 0 Å². The number of primary amides is 1. The number of ether oxygens (including phenoxy) is 1. The number of nitrogens with one attached hydrogen (secondary N) is 1. The summed E-state index contributed by atoms with van der Waals surface area (Å²) in [6, 6.07) is 9.55. The minimum absolute atomic E-state index is 0.0961. The van der Waals surface area contributed by atoms with Crippen molar-refractivity contribution >= 4 is 5.91 Å². The number of carbonyl (C=O) groups excluding carboxylic acids is 1. The molecule has 3 atom stereocenters. The number of rotatable bonds is 5. The fraction of sp³-hybridized carbons (Fsp3) is 0.500. The van der Waals surface area contributed by atoms with Gasteiger partial charge in [-0.05, 0) is 25.3 Å². The fourth-order valence-corrected chi connectivity index (χ4v) is 2.32. The van der Waals surface area contributed by atoms with Crippen LogP contribution in [0.4, 0.5) is 0 Å². The molecule has 1 heterocycles. The highest BCUT2D eigenvalue weighted by molar-refractivity contribution is 5.80. The molecule has 4 heteroatoms. The Kier molecular flexibility index (Phi) is 4.33. The summed E-state index contributed by atoms with van der Waals surface area (Å²) in [6.07, 6.45) is 1.99. The highest BCUT2D eigenvalue weighted by atomic mass is 16.5. The molecule has 0 bridgehead atoms. The third-order valence-electron chi connectivity index (χ3n) is 3.31. The van der Waals surface area contributed by atoms with Crippen LogP contribution in [0.5, 0.6) is 0 Å². The molecule has 0 radical (unpaired) electrons. The minimum Gasteiger partial charge on any atom is -0.373 e. The van der Waals surface area contributed by atoms with Gasteiger partial charge in [0.05, 0.1) is 12.2 Å². The second kappa shape index (κ2) is 5.98. The maximum atomic E-state index is 11.5. The molecule has 2 rings (SSSR count). The van der Waals surface area contributed by atoms with E-state index in [1.54, 1.807) is 0 Å². The van der Waals surface area contributed by atoms with Crippen molar-refractivity contribution < 1.29 is 9.53 Å².